The van der Waals surface area contributed by atoms with Crippen LogP contribution in [-0.2, 0) is 0 Å². The summed E-state index contributed by atoms with van der Waals surface area (Å²) in [6.45, 7) is 0. The van der Waals surface area contributed by atoms with Crippen molar-refractivity contribution in [2.45, 2.75) is 0 Å². The molecule has 0 aliphatic heterocycles. The standard InChI is InChI=1S/C6H4N2O.C6H6/c1-2-5-6(7-3-1)8-4-9-5;1-2-4-6-5-3-1/h1-4H;1-6H. The lowest BCUT2D eigenvalue weighted by molar-refractivity contribution is 0.602. The van der Waals surface area contributed by atoms with Crippen molar-refractivity contribution in [2.75, 3.05) is 0 Å². The van der Waals surface area contributed by atoms with Crippen LogP contribution in [0.25, 0.3) is 11.2 Å². The normalized spacial score (nSPS) is 9.33. The summed E-state index contributed by atoms with van der Waals surface area (Å²) in [5.41, 5.74) is 1.40. The lowest BCUT2D eigenvalue weighted by Gasteiger charge is -1.78. The van der Waals surface area contributed by atoms with E-state index in [-0.39, 0.29) is 0 Å². The summed E-state index contributed by atoms with van der Waals surface area (Å²) in [5.74, 6) is 0. The zero-order valence-electron chi connectivity index (χ0n) is 8.08. The first-order chi connectivity index (χ1) is 7.47. The Morgan fingerprint density at radius 2 is 1.47 bits per heavy atom. The average molecular weight is 198 g/mol. The second kappa shape index (κ2) is 4.91. The fraction of sp³-hybridized carbons (Fsp3) is 0. The van der Waals surface area contributed by atoms with Crippen LogP contribution in [0.3, 0.4) is 0 Å². The molecule has 0 radical (unpaired) electrons. The van der Waals surface area contributed by atoms with Gasteiger partial charge < -0.3 is 4.42 Å². The third-order valence-electron chi connectivity index (χ3n) is 1.77. The molecule has 3 aromatic rings. The summed E-state index contributed by atoms with van der Waals surface area (Å²) in [4.78, 5) is 7.78. The maximum absolute atomic E-state index is 4.94. The molecule has 0 N–H and O–H groups in total. The van der Waals surface area contributed by atoms with E-state index in [0.29, 0.717) is 5.65 Å². The number of rotatable bonds is 0. The summed E-state index contributed by atoms with van der Waals surface area (Å²) in [6.07, 6.45) is 3.07. The first-order valence-electron chi connectivity index (χ1n) is 4.61. The minimum absolute atomic E-state index is 0.664. The third kappa shape index (κ3) is 2.64. The van der Waals surface area contributed by atoms with Gasteiger partial charge in [0.2, 0.25) is 0 Å². The van der Waals surface area contributed by atoms with E-state index in [1.807, 2.05) is 48.5 Å². The van der Waals surface area contributed by atoms with Gasteiger partial charge in [-0.2, -0.15) is 4.98 Å². The van der Waals surface area contributed by atoms with Crippen LogP contribution >= 0.6 is 0 Å². The van der Waals surface area contributed by atoms with Gasteiger partial charge >= 0.3 is 0 Å². The minimum Gasteiger partial charge on any atom is -0.442 e. The number of nitrogens with zero attached hydrogens (tertiary/aromatic N) is 2. The number of hydrogen-bond acceptors (Lipinski definition) is 3. The quantitative estimate of drug-likeness (QED) is 0.557. The van der Waals surface area contributed by atoms with Crippen molar-refractivity contribution >= 4 is 11.2 Å². The fourth-order valence-corrected chi connectivity index (χ4v) is 1.09. The van der Waals surface area contributed by atoms with Crippen LogP contribution in [0.2, 0.25) is 0 Å². The Labute approximate surface area is 87.4 Å². The number of aromatic nitrogens is 2. The van der Waals surface area contributed by atoms with Crippen molar-refractivity contribution in [1.29, 1.82) is 0 Å². The van der Waals surface area contributed by atoms with Crippen LogP contribution in [0.15, 0.2) is 65.5 Å². The summed E-state index contributed by atoms with van der Waals surface area (Å²) < 4.78 is 4.94. The molecule has 15 heavy (non-hydrogen) atoms. The van der Waals surface area contributed by atoms with Crippen molar-refractivity contribution in [1.82, 2.24) is 9.97 Å². The Morgan fingerprint density at radius 1 is 0.800 bits per heavy atom. The number of pyridine rings is 1. The van der Waals surface area contributed by atoms with Gasteiger partial charge in [0.05, 0.1) is 0 Å². The maximum Gasteiger partial charge on any atom is 0.198 e. The molecule has 0 saturated carbocycles. The topological polar surface area (TPSA) is 38.9 Å². The van der Waals surface area contributed by atoms with Crippen LogP contribution in [0.5, 0.6) is 0 Å². The highest BCUT2D eigenvalue weighted by Gasteiger charge is 1.93. The van der Waals surface area contributed by atoms with Crippen molar-refractivity contribution < 1.29 is 4.42 Å². The zero-order chi connectivity index (χ0) is 10.3. The second-order valence-corrected chi connectivity index (χ2v) is 2.83. The van der Waals surface area contributed by atoms with Gasteiger partial charge in [-0.3, -0.25) is 0 Å². The molecule has 3 heteroatoms. The van der Waals surface area contributed by atoms with Gasteiger partial charge in [0.25, 0.3) is 0 Å². The minimum atomic E-state index is 0.664. The van der Waals surface area contributed by atoms with Crippen LogP contribution in [0.1, 0.15) is 0 Å². The molecule has 2 heterocycles. The highest BCUT2D eigenvalue weighted by Crippen LogP contribution is 2.05. The molecule has 0 unspecified atom stereocenters. The Bertz CT molecular complexity index is 448. The smallest absolute Gasteiger partial charge is 0.198 e. The zero-order valence-corrected chi connectivity index (χ0v) is 8.08. The van der Waals surface area contributed by atoms with E-state index in [1.54, 1.807) is 6.20 Å². The highest BCUT2D eigenvalue weighted by atomic mass is 16.3. The summed E-state index contributed by atoms with van der Waals surface area (Å²) in [7, 11) is 0. The Hall–Kier alpha value is -2.16. The highest BCUT2D eigenvalue weighted by molar-refractivity contribution is 5.65. The number of fused-ring (bicyclic) bond motifs is 1. The molecule has 0 amide bonds. The number of oxazole rings is 1. The van der Waals surface area contributed by atoms with E-state index in [4.69, 9.17) is 4.42 Å². The first kappa shape index (κ1) is 9.40. The Morgan fingerprint density at radius 3 is 2.07 bits per heavy atom. The summed E-state index contributed by atoms with van der Waals surface area (Å²) >= 11 is 0. The van der Waals surface area contributed by atoms with E-state index in [0.717, 1.165) is 5.58 Å². The molecule has 3 rings (SSSR count). The Kier molecular flexibility index (Phi) is 3.07. The molecule has 0 aliphatic carbocycles. The van der Waals surface area contributed by atoms with E-state index in [2.05, 4.69) is 9.97 Å². The largest absolute Gasteiger partial charge is 0.442 e. The summed E-state index contributed by atoms with van der Waals surface area (Å²) in [6, 6.07) is 15.6. The van der Waals surface area contributed by atoms with Gasteiger partial charge in [0, 0.05) is 6.20 Å². The lowest BCUT2D eigenvalue weighted by Crippen LogP contribution is -1.70. The average Bonchev–Trinajstić information content (AvgIpc) is 2.80. The van der Waals surface area contributed by atoms with Gasteiger partial charge in [-0.15, -0.1) is 0 Å². The van der Waals surface area contributed by atoms with Crippen LogP contribution in [0, 0.1) is 0 Å². The van der Waals surface area contributed by atoms with E-state index in [9.17, 15) is 0 Å². The van der Waals surface area contributed by atoms with Crippen LogP contribution in [0.4, 0.5) is 0 Å². The molecule has 0 bridgehead atoms. The molecule has 0 aliphatic rings. The molecule has 2 aromatic heterocycles. The molecule has 0 atom stereocenters. The van der Waals surface area contributed by atoms with E-state index < -0.39 is 0 Å². The molecule has 1 aromatic carbocycles. The van der Waals surface area contributed by atoms with E-state index >= 15 is 0 Å². The van der Waals surface area contributed by atoms with E-state index in [1.165, 1.54) is 6.39 Å². The monoisotopic (exact) mass is 198 g/mol. The van der Waals surface area contributed by atoms with Crippen LogP contribution in [-0.4, -0.2) is 9.97 Å². The Balaban J connectivity index is 0.000000124. The molecule has 0 saturated heterocycles. The molecular formula is C12H10N2O. The van der Waals surface area contributed by atoms with Gasteiger partial charge in [-0.05, 0) is 12.1 Å². The predicted octanol–water partition coefficient (Wildman–Crippen LogP) is 2.91. The van der Waals surface area contributed by atoms with Crippen LogP contribution < -0.4 is 0 Å². The predicted molar refractivity (Wildman–Crippen MR) is 58.2 cm³/mol. The molecular weight excluding hydrogens is 188 g/mol. The third-order valence-corrected chi connectivity index (χ3v) is 1.77. The van der Waals surface area contributed by atoms with Gasteiger partial charge in [0.15, 0.2) is 17.6 Å². The van der Waals surface area contributed by atoms with Gasteiger partial charge in [-0.1, -0.05) is 36.4 Å². The lowest BCUT2D eigenvalue weighted by atomic mass is 10.4. The summed E-state index contributed by atoms with van der Waals surface area (Å²) in [5, 5.41) is 0. The number of benzene rings is 1. The molecule has 74 valence electrons. The number of hydrogen-bond donors (Lipinski definition) is 0. The van der Waals surface area contributed by atoms with Crippen molar-refractivity contribution in [3.8, 4) is 0 Å². The maximum atomic E-state index is 4.94. The van der Waals surface area contributed by atoms with Crippen molar-refractivity contribution in [3.63, 3.8) is 0 Å². The molecule has 0 spiro atoms. The van der Waals surface area contributed by atoms with Crippen molar-refractivity contribution in [2.24, 2.45) is 0 Å². The van der Waals surface area contributed by atoms with Crippen molar-refractivity contribution in [3.05, 3.63) is 61.1 Å². The second-order valence-electron chi connectivity index (χ2n) is 2.83. The SMILES string of the molecule is c1ccccc1.c1cnc2ncoc2c1. The molecule has 3 nitrogen and oxygen atoms in total. The first-order valence-corrected chi connectivity index (χ1v) is 4.61. The fourth-order valence-electron chi connectivity index (χ4n) is 1.09. The molecule has 0 fully saturated rings. The van der Waals surface area contributed by atoms with Gasteiger partial charge in [0.1, 0.15) is 0 Å². The van der Waals surface area contributed by atoms with Gasteiger partial charge in [-0.25, -0.2) is 4.98 Å².